The molecule has 5 rings (SSSR count). The van der Waals surface area contributed by atoms with Crippen LogP contribution in [0.1, 0.15) is 43.4 Å². The number of alkyl halides is 2. The second-order valence-corrected chi connectivity index (χ2v) is 9.68. The molecule has 1 aliphatic heterocycles. The van der Waals surface area contributed by atoms with Gasteiger partial charge in [0.2, 0.25) is 0 Å². The number of pyridine rings is 1. The van der Waals surface area contributed by atoms with Gasteiger partial charge in [-0.3, -0.25) is 4.79 Å². The first-order valence-electron chi connectivity index (χ1n) is 12.2. The molecule has 0 amide bonds. The van der Waals surface area contributed by atoms with Crippen LogP contribution < -0.4 is 14.4 Å². The van der Waals surface area contributed by atoms with E-state index in [1.165, 1.54) is 6.26 Å². The van der Waals surface area contributed by atoms with Crippen LogP contribution in [0.15, 0.2) is 59.4 Å². The van der Waals surface area contributed by atoms with Crippen LogP contribution in [-0.4, -0.2) is 47.6 Å². The lowest BCUT2D eigenvalue weighted by atomic mass is 9.94. The molecule has 9 heteroatoms. The number of hydrogen-bond donors (Lipinski definition) is 0. The Labute approximate surface area is 208 Å². The minimum Gasteiger partial charge on any atom is -0.491 e. The first-order valence-corrected chi connectivity index (χ1v) is 12.2. The molecule has 0 spiro atoms. The van der Waals surface area contributed by atoms with Crippen molar-refractivity contribution in [2.75, 3.05) is 24.6 Å². The molecule has 0 bridgehead atoms. The summed E-state index contributed by atoms with van der Waals surface area (Å²) in [5.41, 5.74) is 1.74. The van der Waals surface area contributed by atoms with Crippen molar-refractivity contribution in [3.8, 4) is 11.5 Å². The Morgan fingerprint density at radius 1 is 1.19 bits per heavy atom. The summed E-state index contributed by atoms with van der Waals surface area (Å²) in [5.74, 6) is -0.931. The van der Waals surface area contributed by atoms with Gasteiger partial charge in [-0.15, -0.1) is 0 Å². The predicted octanol–water partition coefficient (Wildman–Crippen LogP) is 5.07. The highest BCUT2D eigenvalue weighted by atomic mass is 19.3. The Kier molecular flexibility index (Phi) is 6.89. The van der Waals surface area contributed by atoms with Crippen LogP contribution in [0.3, 0.4) is 0 Å². The number of Topliss-reactive ketones (excluding diaryl/α,β-unsaturated/α-hetero) is 1. The van der Waals surface area contributed by atoms with Gasteiger partial charge in [0.05, 0.1) is 37.4 Å². The topological polar surface area (TPSA) is 77.7 Å². The molecule has 0 N–H and O–H groups in total. The van der Waals surface area contributed by atoms with Crippen LogP contribution in [0.25, 0.3) is 0 Å². The molecule has 1 saturated heterocycles. The number of carbonyl (C=O) groups is 1. The van der Waals surface area contributed by atoms with Crippen LogP contribution in [0, 0.1) is 5.92 Å². The summed E-state index contributed by atoms with van der Waals surface area (Å²) < 4.78 is 42.4. The Balaban J connectivity index is 1.07. The standard InChI is InChI=1S/C27H29F2N3O4/c1-18(12-22(33)13-21-9-11-35-31-21)19-2-4-23(5-3-19)36-25-8-10-32(16-25)26-7-6-24(15-30-26)34-17-20-14-27(20,28)29/h2-7,9,11,15,18,20,25H,8,10,12-14,16-17H2,1H3/t18-,20?,25?/m1/s1. The third kappa shape index (κ3) is 6.01. The van der Waals surface area contributed by atoms with Gasteiger partial charge in [-0.05, 0) is 35.7 Å². The maximum Gasteiger partial charge on any atom is 0.255 e. The number of aromatic nitrogens is 2. The molecule has 0 radical (unpaired) electrons. The molecular formula is C27H29F2N3O4. The third-order valence-corrected chi connectivity index (χ3v) is 6.75. The second kappa shape index (κ2) is 10.2. The van der Waals surface area contributed by atoms with E-state index >= 15 is 0 Å². The smallest absolute Gasteiger partial charge is 0.255 e. The average Bonchev–Trinajstić information content (AvgIpc) is 3.25. The SMILES string of the molecule is C[C@H](CC(=O)Cc1ccon1)c1ccc(OC2CCN(c3ccc(OCC4CC4(F)F)cn3)C2)cc1. The Morgan fingerprint density at radius 2 is 1.97 bits per heavy atom. The lowest BCUT2D eigenvalue weighted by Crippen LogP contribution is -2.25. The molecule has 3 atom stereocenters. The first kappa shape index (κ1) is 24.2. The molecule has 2 aromatic heterocycles. The summed E-state index contributed by atoms with van der Waals surface area (Å²) in [4.78, 5) is 18.9. The summed E-state index contributed by atoms with van der Waals surface area (Å²) in [7, 11) is 0. The van der Waals surface area contributed by atoms with E-state index in [0.717, 1.165) is 30.1 Å². The van der Waals surface area contributed by atoms with Gasteiger partial charge in [-0.1, -0.05) is 24.2 Å². The largest absolute Gasteiger partial charge is 0.491 e. The van der Waals surface area contributed by atoms with E-state index in [1.54, 1.807) is 18.3 Å². The van der Waals surface area contributed by atoms with Crippen LogP contribution in [0.5, 0.6) is 11.5 Å². The summed E-state index contributed by atoms with van der Waals surface area (Å²) in [6.45, 7) is 3.57. The highest BCUT2D eigenvalue weighted by molar-refractivity contribution is 5.81. The predicted molar refractivity (Wildman–Crippen MR) is 129 cm³/mol. The van der Waals surface area contributed by atoms with E-state index in [0.29, 0.717) is 24.4 Å². The number of nitrogens with zero attached hydrogens (tertiary/aromatic N) is 3. The van der Waals surface area contributed by atoms with Crippen molar-refractivity contribution in [3.63, 3.8) is 0 Å². The third-order valence-electron chi connectivity index (χ3n) is 6.75. The molecule has 3 heterocycles. The summed E-state index contributed by atoms with van der Waals surface area (Å²) in [6.07, 6.45) is 4.58. The van der Waals surface area contributed by atoms with Crippen LogP contribution in [0.2, 0.25) is 0 Å². The number of ether oxygens (including phenoxy) is 2. The average molecular weight is 498 g/mol. The zero-order valence-corrected chi connectivity index (χ0v) is 20.1. The van der Waals surface area contributed by atoms with Crippen LogP contribution >= 0.6 is 0 Å². The van der Waals surface area contributed by atoms with Crippen LogP contribution in [0.4, 0.5) is 14.6 Å². The van der Waals surface area contributed by atoms with Crippen molar-refractivity contribution in [2.45, 2.75) is 50.6 Å². The number of anilines is 1. The quantitative estimate of drug-likeness (QED) is 0.366. The molecule has 2 aliphatic rings. The zero-order chi connectivity index (χ0) is 25.1. The molecule has 1 aromatic carbocycles. The van der Waals surface area contributed by atoms with Crippen LogP contribution in [-0.2, 0) is 11.2 Å². The summed E-state index contributed by atoms with van der Waals surface area (Å²) in [6, 6.07) is 13.2. The number of halogens is 2. The van der Waals surface area contributed by atoms with Gasteiger partial charge in [0, 0.05) is 31.9 Å². The molecule has 3 aromatic rings. The molecule has 7 nitrogen and oxygen atoms in total. The maximum absolute atomic E-state index is 13.0. The maximum atomic E-state index is 13.0. The van der Waals surface area contributed by atoms with Crippen molar-refractivity contribution in [1.82, 2.24) is 10.1 Å². The zero-order valence-electron chi connectivity index (χ0n) is 20.1. The van der Waals surface area contributed by atoms with Gasteiger partial charge < -0.3 is 18.9 Å². The van der Waals surface area contributed by atoms with Gasteiger partial charge in [0.15, 0.2) is 0 Å². The molecule has 36 heavy (non-hydrogen) atoms. The van der Waals surface area contributed by atoms with Gasteiger partial charge in [-0.25, -0.2) is 13.8 Å². The lowest BCUT2D eigenvalue weighted by Gasteiger charge is -2.19. The Morgan fingerprint density at radius 3 is 2.64 bits per heavy atom. The number of rotatable bonds is 11. The van der Waals surface area contributed by atoms with Gasteiger partial charge in [0.1, 0.15) is 35.5 Å². The number of benzene rings is 1. The van der Waals surface area contributed by atoms with Crippen molar-refractivity contribution in [1.29, 1.82) is 0 Å². The number of ketones is 1. The Hall–Kier alpha value is -3.49. The normalized spacial score (nSPS) is 21.2. The second-order valence-electron chi connectivity index (χ2n) is 9.68. The molecule has 1 aliphatic carbocycles. The van der Waals surface area contributed by atoms with Gasteiger partial charge >= 0.3 is 0 Å². The van der Waals surface area contributed by atoms with E-state index in [1.807, 2.05) is 37.3 Å². The highest BCUT2D eigenvalue weighted by Crippen LogP contribution is 2.48. The van der Waals surface area contributed by atoms with Gasteiger partial charge in [-0.2, -0.15) is 0 Å². The molecule has 1 saturated carbocycles. The van der Waals surface area contributed by atoms with Crippen molar-refractivity contribution >= 4 is 11.6 Å². The molecule has 2 unspecified atom stereocenters. The number of hydrogen-bond acceptors (Lipinski definition) is 7. The van der Waals surface area contributed by atoms with E-state index in [4.69, 9.17) is 14.0 Å². The van der Waals surface area contributed by atoms with Crippen molar-refractivity contribution < 1.29 is 27.6 Å². The fraction of sp³-hybridized carbons (Fsp3) is 0.444. The highest BCUT2D eigenvalue weighted by Gasteiger charge is 2.57. The molecular weight excluding hydrogens is 468 g/mol. The molecule has 2 fully saturated rings. The lowest BCUT2D eigenvalue weighted by molar-refractivity contribution is -0.118. The molecule has 190 valence electrons. The first-order chi connectivity index (χ1) is 17.4. The van der Waals surface area contributed by atoms with Crippen molar-refractivity contribution in [2.24, 2.45) is 5.92 Å². The van der Waals surface area contributed by atoms with E-state index in [2.05, 4.69) is 15.0 Å². The monoisotopic (exact) mass is 497 g/mol. The fourth-order valence-corrected chi connectivity index (χ4v) is 4.45. The minimum atomic E-state index is -2.57. The summed E-state index contributed by atoms with van der Waals surface area (Å²) in [5, 5.41) is 3.80. The Bertz CT molecular complexity index is 1150. The summed E-state index contributed by atoms with van der Waals surface area (Å²) >= 11 is 0. The fourth-order valence-electron chi connectivity index (χ4n) is 4.45. The van der Waals surface area contributed by atoms with Crippen molar-refractivity contribution in [3.05, 3.63) is 66.2 Å². The van der Waals surface area contributed by atoms with E-state index in [-0.39, 0.29) is 37.3 Å². The van der Waals surface area contributed by atoms with Gasteiger partial charge in [0.25, 0.3) is 5.92 Å². The van der Waals surface area contributed by atoms with E-state index < -0.39 is 11.8 Å². The number of carbonyl (C=O) groups excluding carboxylic acids is 1. The van der Waals surface area contributed by atoms with E-state index in [9.17, 15) is 13.6 Å². The minimum absolute atomic E-state index is 0.0182.